The van der Waals surface area contributed by atoms with E-state index in [1.807, 2.05) is 51.1 Å². The first-order valence-corrected chi connectivity index (χ1v) is 11.4. The predicted molar refractivity (Wildman–Crippen MR) is 133 cm³/mol. The molecule has 0 aliphatic carbocycles. The molecule has 3 aromatic rings. The van der Waals surface area contributed by atoms with Crippen LogP contribution in [0.1, 0.15) is 16.7 Å². The Hall–Kier alpha value is -4.31. The Morgan fingerprint density at radius 2 is 1.58 bits per heavy atom. The number of carbonyl (C=O) groups is 4. The summed E-state index contributed by atoms with van der Waals surface area (Å²) in [6.07, 6.45) is 0. The van der Waals surface area contributed by atoms with Gasteiger partial charge in [0.15, 0.2) is 0 Å². The van der Waals surface area contributed by atoms with E-state index in [-0.39, 0.29) is 13.2 Å². The molecule has 10 nitrogen and oxygen atoms in total. The van der Waals surface area contributed by atoms with Crippen molar-refractivity contribution in [3.05, 3.63) is 65.2 Å². The highest BCUT2D eigenvalue weighted by atomic mass is 16.5. The van der Waals surface area contributed by atoms with Gasteiger partial charge in [0.1, 0.15) is 12.4 Å². The fourth-order valence-electron chi connectivity index (χ4n) is 4.00. The Morgan fingerprint density at radius 1 is 0.917 bits per heavy atom. The fourth-order valence-corrected chi connectivity index (χ4v) is 4.00. The van der Waals surface area contributed by atoms with Crippen LogP contribution in [0.25, 0.3) is 16.9 Å². The number of hydrogen-bond donors (Lipinski definition) is 1. The third-order valence-electron chi connectivity index (χ3n) is 6.05. The number of urea groups is 1. The minimum absolute atomic E-state index is 0.0719. The highest BCUT2D eigenvalue weighted by Gasteiger charge is 2.45. The van der Waals surface area contributed by atoms with Crippen molar-refractivity contribution in [2.24, 2.45) is 0 Å². The van der Waals surface area contributed by atoms with Crippen molar-refractivity contribution >= 4 is 29.6 Å². The van der Waals surface area contributed by atoms with E-state index >= 15 is 0 Å². The highest BCUT2D eigenvalue weighted by molar-refractivity contribution is 6.45. The topological polar surface area (TPSA) is 114 Å². The number of amides is 5. The lowest BCUT2D eigenvalue weighted by Crippen LogP contribution is -2.39. The van der Waals surface area contributed by atoms with E-state index in [4.69, 9.17) is 9.84 Å². The number of nitrogens with zero attached hydrogens (tertiary/aromatic N) is 4. The van der Waals surface area contributed by atoms with Crippen molar-refractivity contribution in [3.8, 4) is 16.9 Å². The molecule has 36 heavy (non-hydrogen) atoms. The van der Waals surface area contributed by atoms with Gasteiger partial charge in [-0.1, -0.05) is 24.3 Å². The number of hydrogen-bond acceptors (Lipinski definition) is 6. The second-order valence-electron chi connectivity index (χ2n) is 8.59. The molecule has 1 aromatic heterocycles. The van der Waals surface area contributed by atoms with E-state index in [1.54, 1.807) is 10.7 Å². The van der Waals surface area contributed by atoms with E-state index < -0.39 is 30.3 Å². The number of aryl methyl sites for hydroxylation is 3. The van der Waals surface area contributed by atoms with E-state index in [0.717, 1.165) is 27.3 Å². The maximum absolute atomic E-state index is 12.9. The number of carbonyl (C=O) groups excluding carboxylic acids is 4. The average Bonchev–Trinajstić information content (AvgIpc) is 3.35. The van der Waals surface area contributed by atoms with Gasteiger partial charge in [-0.2, -0.15) is 5.10 Å². The van der Waals surface area contributed by atoms with Crippen LogP contribution >= 0.6 is 0 Å². The Kier molecular flexibility index (Phi) is 6.98. The van der Waals surface area contributed by atoms with E-state index in [1.165, 1.54) is 12.7 Å². The van der Waals surface area contributed by atoms with Gasteiger partial charge in [0.05, 0.1) is 24.5 Å². The van der Waals surface area contributed by atoms with Gasteiger partial charge in [-0.25, -0.2) is 14.4 Å². The van der Waals surface area contributed by atoms with Crippen LogP contribution in [0, 0.1) is 20.8 Å². The molecule has 1 fully saturated rings. The molecule has 0 unspecified atom stereocenters. The van der Waals surface area contributed by atoms with Crippen molar-refractivity contribution in [3.63, 3.8) is 0 Å². The zero-order chi connectivity index (χ0) is 26.0. The molecule has 1 N–H and O–H groups in total. The number of benzene rings is 2. The Morgan fingerprint density at radius 3 is 2.28 bits per heavy atom. The summed E-state index contributed by atoms with van der Waals surface area (Å²) in [6, 6.07) is 14.3. The molecule has 0 atom stereocenters. The molecular weight excluding hydrogens is 462 g/mol. The molecule has 2 heterocycles. The Balaban J connectivity index is 1.62. The normalized spacial score (nSPS) is 13.6. The van der Waals surface area contributed by atoms with Gasteiger partial charge in [-0.05, 0) is 55.7 Å². The summed E-state index contributed by atoms with van der Waals surface area (Å²) in [6.45, 7) is 5.47. The van der Waals surface area contributed by atoms with Crippen molar-refractivity contribution < 1.29 is 23.9 Å². The number of nitrogens with one attached hydrogen (secondary N) is 1. The quantitative estimate of drug-likeness (QED) is 0.385. The van der Waals surface area contributed by atoms with Crippen LogP contribution in [0.4, 0.5) is 10.6 Å². The summed E-state index contributed by atoms with van der Waals surface area (Å²) in [4.78, 5) is 51.4. The summed E-state index contributed by atoms with van der Waals surface area (Å²) in [7, 11) is 1.42. The maximum Gasteiger partial charge on any atom is 0.334 e. The SMILES string of the molecule is COCCN1C(=O)C(=O)N(CC(=O)Nc2cc(-c3cc(C)c(C)cc3C)nn2-c2ccccc2)C1=O. The number of rotatable bonds is 8. The monoisotopic (exact) mass is 489 g/mol. The standard InChI is InChI=1S/C26H27N5O5/c1-16-12-18(3)20(13-17(16)2)21-14-22(31(28-21)19-8-6-5-7-9-19)27-23(32)15-30-25(34)24(33)29(26(30)35)10-11-36-4/h5-9,12-14H,10-11,15H2,1-4H3,(H,27,32). The van der Waals surface area contributed by atoms with Crippen LogP contribution in [0.3, 0.4) is 0 Å². The highest BCUT2D eigenvalue weighted by Crippen LogP contribution is 2.29. The zero-order valence-electron chi connectivity index (χ0n) is 20.6. The summed E-state index contributed by atoms with van der Waals surface area (Å²) in [5.41, 5.74) is 5.62. The molecule has 5 amide bonds. The Labute approximate surface area is 208 Å². The van der Waals surface area contributed by atoms with E-state index in [9.17, 15) is 19.2 Å². The number of aromatic nitrogens is 2. The lowest BCUT2D eigenvalue weighted by molar-refractivity contribution is -0.143. The summed E-state index contributed by atoms with van der Waals surface area (Å²) < 4.78 is 6.47. The fraction of sp³-hybridized carbons (Fsp3) is 0.269. The molecule has 1 aliphatic heterocycles. The molecule has 4 rings (SSSR count). The molecule has 1 saturated heterocycles. The number of para-hydroxylation sites is 1. The second kappa shape index (κ2) is 10.1. The zero-order valence-corrected chi connectivity index (χ0v) is 20.6. The van der Waals surface area contributed by atoms with Crippen molar-refractivity contribution in [2.45, 2.75) is 20.8 Å². The molecule has 0 radical (unpaired) electrons. The van der Waals surface area contributed by atoms with Crippen LogP contribution < -0.4 is 5.32 Å². The third kappa shape index (κ3) is 4.76. The van der Waals surface area contributed by atoms with Crippen molar-refractivity contribution in [2.75, 3.05) is 32.1 Å². The van der Waals surface area contributed by atoms with Gasteiger partial charge in [-0.15, -0.1) is 0 Å². The van der Waals surface area contributed by atoms with E-state index in [0.29, 0.717) is 16.4 Å². The molecule has 2 aromatic carbocycles. The van der Waals surface area contributed by atoms with Crippen LogP contribution in [-0.4, -0.2) is 70.1 Å². The van der Waals surface area contributed by atoms with Crippen LogP contribution in [-0.2, 0) is 19.1 Å². The largest absolute Gasteiger partial charge is 0.383 e. The summed E-state index contributed by atoms with van der Waals surface area (Å²) in [5.74, 6) is -2.31. The van der Waals surface area contributed by atoms with Gasteiger partial charge in [0, 0.05) is 18.7 Å². The first-order valence-electron chi connectivity index (χ1n) is 11.4. The molecule has 0 spiro atoms. The maximum atomic E-state index is 12.9. The number of methoxy groups -OCH3 is 1. The van der Waals surface area contributed by atoms with Crippen molar-refractivity contribution in [1.82, 2.24) is 19.6 Å². The van der Waals surface area contributed by atoms with Gasteiger partial charge in [0.25, 0.3) is 0 Å². The second-order valence-corrected chi connectivity index (χ2v) is 8.59. The van der Waals surface area contributed by atoms with Crippen LogP contribution in [0.15, 0.2) is 48.5 Å². The third-order valence-corrected chi connectivity index (χ3v) is 6.05. The molecule has 0 saturated carbocycles. The number of imide groups is 2. The minimum atomic E-state index is -1.05. The van der Waals surface area contributed by atoms with Gasteiger partial charge in [0.2, 0.25) is 5.91 Å². The predicted octanol–water partition coefficient (Wildman–Crippen LogP) is 2.84. The lowest BCUT2D eigenvalue weighted by Gasteiger charge is -2.15. The molecule has 10 heteroatoms. The number of ether oxygens (including phenoxy) is 1. The van der Waals surface area contributed by atoms with E-state index in [2.05, 4.69) is 17.4 Å². The smallest absolute Gasteiger partial charge is 0.334 e. The van der Waals surface area contributed by atoms with Crippen molar-refractivity contribution in [1.29, 1.82) is 0 Å². The average molecular weight is 490 g/mol. The van der Waals surface area contributed by atoms with Gasteiger partial charge >= 0.3 is 17.8 Å². The summed E-state index contributed by atoms with van der Waals surface area (Å²) in [5, 5.41) is 7.48. The molecular formula is C26H27N5O5. The van der Waals surface area contributed by atoms with Gasteiger partial charge < -0.3 is 10.1 Å². The number of anilines is 1. The first kappa shape index (κ1) is 24.8. The molecule has 0 bridgehead atoms. The molecule has 186 valence electrons. The first-order chi connectivity index (χ1) is 17.2. The molecule has 1 aliphatic rings. The summed E-state index contributed by atoms with van der Waals surface area (Å²) >= 11 is 0. The minimum Gasteiger partial charge on any atom is -0.383 e. The van der Waals surface area contributed by atoms with Gasteiger partial charge in [-0.3, -0.25) is 19.3 Å². The van der Waals surface area contributed by atoms with Crippen LogP contribution in [0.5, 0.6) is 0 Å². The van der Waals surface area contributed by atoms with Crippen LogP contribution in [0.2, 0.25) is 0 Å². The lowest BCUT2D eigenvalue weighted by atomic mass is 9.99. The Bertz CT molecular complexity index is 1350.